The minimum atomic E-state index is 0.896. The summed E-state index contributed by atoms with van der Waals surface area (Å²) in [5, 5.41) is 5.51. The Morgan fingerprint density at radius 1 is 1.40 bits per heavy atom. The maximum atomic E-state index is 4.23. The van der Waals surface area contributed by atoms with Gasteiger partial charge in [-0.2, -0.15) is 0 Å². The first-order valence-corrected chi connectivity index (χ1v) is 6.61. The number of hydrogen-bond acceptors (Lipinski definition) is 4. The first-order chi connectivity index (χ1) is 7.36. The van der Waals surface area contributed by atoms with E-state index in [2.05, 4.69) is 34.4 Å². The Morgan fingerprint density at radius 3 is 2.87 bits per heavy atom. The largest absolute Gasteiger partial charge is 0.310 e. The average molecular weight is 227 g/mol. The van der Waals surface area contributed by atoms with E-state index in [1.807, 2.05) is 5.51 Å². The highest BCUT2D eigenvalue weighted by Gasteiger charge is 1.99. The van der Waals surface area contributed by atoms with E-state index < -0.39 is 0 Å². The lowest BCUT2D eigenvalue weighted by atomic mass is 10.4. The van der Waals surface area contributed by atoms with E-state index in [9.17, 15) is 0 Å². The van der Waals surface area contributed by atoms with E-state index in [1.54, 1.807) is 11.3 Å². The van der Waals surface area contributed by atoms with Crippen LogP contribution in [0.2, 0.25) is 0 Å². The Hall–Kier alpha value is -0.450. The molecule has 1 N–H and O–H groups in total. The second-order valence-corrected chi connectivity index (χ2v) is 4.31. The van der Waals surface area contributed by atoms with Crippen molar-refractivity contribution in [2.75, 3.05) is 26.2 Å². The molecule has 1 aromatic rings. The zero-order chi connectivity index (χ0) is 10.9. The number of nitrogens with zero attached hydrogens (tertiary/aromatic N) is 2. The Morgan fingerprint density at radius 2 is 2.27 bits per heavy atom. The standard InChI is InChI=1S/C11H21N3S/c1-3-6-14(4-2)7-5-12-8-11-9-15-10-13-11/h9-10,12H,3-8H2,1-2H3. The molecule has 86 valence electrons. The highest BCUT2D eigenvalue weighted by atomic mass is 32.1. The predicted molar refractivity (Wildman–Crippen MR) is 66.2 cm³/mol. The van der Waals surface area contributed by atoms with Gasteiger partial charge in [0.15, 0.2) is 0 Å². The quantitative estimate of drug-likeness (QED) is 0.688. The topological polar surface area (TPSA) is 28.2 Å². The van der Waals surface area contributed by atoms with Crippen molar-refractivity contribution < 1.29 is 0 Å². The molecule has 1 rings (SSSR count). The van der Waals surface area contributed by atoms with Gasteiger partial charge in [0.1, 0.15) is 0 Å². The number of nitrogens with one attached hydrogen (secondary N) is 1. The van der Waals surface area contributed by atoms with Crippen molar-refractivity contribution in [3.63, 3.8) is 0 Å². The summed E-state index contributed by atoms with van der Waals surface area (Å²) in [4.78, 5) is 6.70. The molecule has 0 fully saturated rings. The zero-order valence-corrected chi connectivity index (χ0v) is 10.5. The maximum Gasteiger partial charge on any atom is 0.0795 e. The van der Waals surface area contributed by atoms with E-state index in [0.29, 0.717) is 0 Å². The average Bonchev–Trinajstić information content (AvgIpc) is 2.75. The van der Waals surface area contributed by atoms with Crippen LogP contribution in [0.15, 0.2) is 10.9 Å². The van der Waals surface area contributed by atoms with Crippen LogP contribution in [0, 0.1) is 0 Å². The summed E-state index contributed by atoms with van der Waals surface area (Å²) < 4.78 is 0. The van der Waals surface area contributed by atoms with Crippen molar-refractivity contribution in [3.8, 4) is 0 Å². The Kier molecular flexibility index (Phi) is 6.55. The Bertz CT molecular complexity index is 236. The van der Waals surface area contributed by atoms with E-state index >= 15 is 0 Å². The molecule has 0 aliphatic rings. The van der Waals surface area contributed by atoms with Gasteiger partial charge in [0.25, 0.3) is 0 Å². The fourth-order valence-electron chi connectivity index (χ4n) is 1.52. The summed E-state index contributed by atoms with van der Waals surface area (Å²) in [6, 6.07) is 0. The molecule has 15 heavy (non-hydrogen) atoms. The molecule has 0 saturated carbocycles. The molecule has 0 aliphatic heterocycles. The third-order valence-corrected chi connectivity index (χ3v) is 3.02. The van der Waals surface area contributed by atoms with Crippen molar-refractivity contribution in [2.45, 2.75) is 26.8 Å². The van der Waals surface area contributed by atoms with E-state index in [1.165, 1.54) is 13.0 Å². The van der Waals surface area contributed by atoms with Crippen LogP contribution in [0.4, 0.5) is 0 Å². The lowest BCUT2D eigenvalue weighted by Gasteiger charge is -2.19. The Balaban J connectivity index is 2.05. The summed E-state index contributed by atoms with van der Waals surface area (Å²) in [6.45, 7) is 9.87. The van der Waals surface area contributed by atoms with Gasteiger partial charge in [-0.15, -0.1) is 11.3 Å². The van der Waals surface area contributed by atoms with Gasteiger partial charge in [0.2, 0.25) is 0 Å². The molecule has 0 spiro atoms. The highest BCUT2D eigenvalue weighted by molar-refractivity contribution is 7.07. The normalized spacial score (nSPS) is 11.1. The van der Waals surface area contributed by atoms with Gasteiger partial charge in [-0.1, -0.05) is 13.8 Å². The van der Waals surface area contributed by atoms with Crippen molar-refractivity contribution in [1.82, 2.24) is 15.2 Å². The van der Waals surface area contributed by atoms with Gasteiger partial charge >= 0.3 is 0 Å². The maximum absolute atomic E-state index is 4.23. The van der Waals surface area contributed by atoms with Crippen LogP contribution < -0.4 is 5.32 Å². The number of likely N-dealkylation sites (N-methyl/N-ethyl adjacent to an activating group) is 1. The monoisotopic (exact) mass is 227 g/mol. The van der Waals surface area contributed by atoms with Crippen LogP contribution in [0.3, 0.4) is 0 Å². The van der Waals surface area contributed by atoms with Gasteiger partial charge in [-0.05, 0) is 19.5 Å². The zero-order valence-electron chi connectivity index (χ0n) is 9.70. The first-order valence-electron chi connectivity index (χ1n) is 5.67. The smallest absolute Gasteiger partial charge is 0.0795 e. The van der Waals surface area contributed by atoms with Gasteiger partial charge in [-0.25, -0.2) is 4.98 Å². The molecule has 0 radical (unpaired) electrons. The molecule has 0 unspecified atom stereocenters. The molecule has 0 bridgehead atoms. The molecule has 0 atom stereocenters. The fourth-order valence-corrected chi connectivity index (χ4v) is 2.08. The molecule has 0 saturated heterocycles. The molecule has 3 nitrogen and oxygen atoms in total. The summed E-state index contributed by atoms with van der Waals surface area (Å²) in [5.41, 5.74) is 3.03. The fraction of sp³-hybridized carbons (Fsp3) is 0.727. The number of thiazole rings is 1. The summed E-state index contributed by atoms with van der Waals surface area (Å²) in [7, 11) is 0. The number of aromatic nitrogens is 1. The van der Waals surface area contributed by atoms with Crippen LogP contribution in [0.25, 0.3) is 0 Å². The van der Waals surface area contributed by atoms with Crippen LogP contribution in [-0.4, -0.2) is 36.1 Å². The molecule has 0 aliphatic carbocycles. The van der Waals surface area contributed by atoms with Gasteiger partial charge in [0.05, 0.1) is 11.2 Å². The minimum Gasteiger partial charge on any atom is -0.310 e. The Labute approximate surface area is 96.5 Å². The van der Waals surface area contributed by atoms with Crippen molar-refractivity contribution >= 4 is 11.3 Å². The lowest BCUT2D eigenvalue weighted by Crippen LogP contribution is -2.32. The van der Waals surface area contributed by atoms with Crippen LogP contribution >= 0.6 is 11.3 Å². The minimum absolute atomic E-state index is 0.896. The van der Waals surface area contributed by atoms with Crippen LogP contribution in [-0.2, 0) is 6.54 Å². The van der Waals surface area contributed by atoms with Crippen LogP contribution in [0.5, 0.6) is 0 Å². The molecule has 0 amide bonds. The number of hydrogen-bond donors (Lipinski definition) is 1. The second kappa shape index (κ2) is 7.79. The molecule has 1 heterocycles. The van der Waals surface area contributed by atoms with Gasteiger partial charge in [-0.3, -0.25) is 0 Å². The van der Waals surface area contributed by atoms with Crippen molar-refractivity contribution in [1.29, 1.82) is 0 Å². The third-order valence-electron chi connectivity index (χ3n) is 2.38. The molecular formula is C11H21N3S. The summed E-state index contributed by atoms with van der Waals surface area (Å²) in [5.74, 6) is 0. The molecule has 1 aromatic heterocycles. The highest BCUT2D eigenvalue weighted by Crippen LogP contribution is 1.99. The van der Waals surface area contributed by atoms with Gasteiger partial charge < -0.3 is 10.2 Å². The van der Waals surface area contributed by atoms with Gasteiger partial charge in [0, 0.05) is 25.0 Å². The summed E-state index contributed by atoms with van der Waals surface area (Å²) >= 11 is 1.66. The SMILES string of the molecule is CCCN(CC)CCNCc1cscn1. The van der Waals surface area contributed by atoms with E-state index in [0.717, 1.165) is 31.9 Å². The molecule has 4 heteroatoms. The van der Waals surface area contributed by atoms with Crippen LogP contribution in [0.1, 0.15) is 26.0 Å². The molecular weight excluding hydrogens is 206 g/mol. The van der Waals surface area contributed by atoms with Crippen molar-refractivity contribution in [3.05, 3.63) is 16.6 Å². The van der Waals surface area contributed by atoms with E-state index in [4.69, 9.17) is 0 Å². The number of rotatable bonds is 8. The molecule has 0 aromatic carbocycles. The first kappa shape index (κ1) is 12.6. The van der Waals surface area contributed by atoms with E-state index in [-0.39, 0.29) is 0 Å². The third kappa shape index (κ3) is 5.25. The van der Waals surface area contributed by atoms with Crippen molar-refractivity contribution in [2.24, 2.45) is 0 Å². The predicted octanol–water partition coefficient (Wildman–Crippen LogP) is 1.96. The lowest BCUT2D eigenvalue weighted by molar-refractivity contribution is 0.287. The summed E-state index contributed by atoms with van der Waals surface area (Å²) in [6.07, 6.45) is 1.24. The second-order valence-electron chi connectivity index (χ2n) is 3.59.